The molecule has 0 aliphatic rings. The predicted molar refractivity (Wildman–Crippen MR) is 93.4 cm³/mol. The Morgan fingerprint density at radius 3 is 2.80 bits per heavy atom. The van der Waals surface area contributed by atoms with Gasteiger partial charge in [-0.2, -0.15) is 0 Å². The van der Waals surface area contributed by atoms with E-state index in [0.29, 0.717) is 29.2 Å². The second-order valence-corrected chi connectivity index (χ2v) is 5.56. The van der Waals surface area contributed by atoms with Gasteiger partial charge in [0.05, 0.1) is 38.8 Å². The summed E-state index contributed by atoms with van der Waals surface area (Å²) in [6.07, 6.45) is 4.86. The van der Waals surface area contributed by atoms with E-state index >= 15 is 0 Å². The smallest absolute Gasteiger partial charge is 0.278 e. The fourth-order valence-corrected chi connectivity index (χ4v) is 2.96. The van der Waals surface area contributed by atoms with E-state index in [-0.39, 0.29) is 5.56 Å². The number of rotatable bonds is 4. The zero-order chi connectivity index (χ0) is 17.4. The molecule has 0 aliphatic carbocycles. The highest BCUT2D eigenvalue weighted by molar-refractivity contribution is 5.74. The number of ether oxygens (including phenoxy) is 2. The van der Waals surface area contributed by atoms with Crippen LogP contribution in [0.3, 0.4) is 0 Å². The van der Waals surface area contributed by atoms with Crippen LogP contribution in [0.25, 0.3) is 16.7 Å². The van der Waals surface area contributed by atoms with Crippen LogP contribution in [0.4, 0.5) is 0 Å². The third kappa shape index (κ3) is 2.40. The van der Waals surface area contributed by atoms with Gasteiger partial charge >= 0.3 is 0 Å². The Kier molecular flexibility index (Phi) is 3.61. The van der Waals surface area contributed by atoms with Gasteiger partial charge in [-0.3, -0.25) is 13.8 Å². The maximum absolute atomic E-state index is 12.9. The first-order chi connectivity index (χ1) is 12.2. The van der Waals surface area contributed by atoms with E-state index in [9.17, 15) is 4.79 Å². The van der Waals surface area contributed by atoms with Gasteiger partial charge < -0.3 is 9.47 Å². The predicted octanol–water partition coefficient (Wildman–Crippen LogP) is 2.11. The van der Waals surface area contributed by atoms with Crippen molar-refractivity contribution < 1.29 is 9.47 Å². The van der Waals surface area contributed by atoms with E-state index in [0.717, 1.165) is 11.1 Å². The SMILES string of the molecule is COc1ccc(Cn2c(=O)c3cncn3c3cccnc32)c(OC)c1. The molecule has 0 saturated heterocycles. The molecule has 0 spiro atoms. The van der Waals surface area contributed by atoms with Gasteiger partial charge in [0.25, 0.3) is 5.56 Å². The summed E-state index contributed by atoms with van der Waals surface area (Å²) in [5.41, 5.74) is 2.63. The fourth-order valence-electron chi connectivity index (χ4n) is 2.96. The van der Waals surface area contributed by atoms with E-state index in [1.165, 1.54) is 0 Å². The monoisotopic (exact) mass is 336 g/mol. The molecule has 126 valence electrons. The van der Waals surface area contributed by atoms with Crippen molar-refractivity contribution in [1.82, 2.24) is 18.9 Å². The first-order valence-corrected chi connectivity index (χ1v) is 7.73. The lowest BCUT2D eigenvalue weighted by atomic mass is 10.2. The van der Waals surface area contributed by atoms with Crippen LogP contribution >= 0.6 is 0 Å². The molecule has 0 bridgehead atoms. The third-order valence-electron chi connectivity index (χ3n) is 4.21. The molecule has 0 atom stereocenters. The molecule has 0 unspecified atom stereocenters. The minimum atomic E-state index is -0.151. The first-order valence-electron chi connectivity index (χ1n) is 7.73. The molecule has 3 aromatic heterocycles. The Bertz CT molecular complexity index is 1130. The van der Waals surface area contributed by atoms with Crippen LogP contribution in [-0.4, -0.2) is 33.2 Å². The Hall–Kier alpha value is -3.35. The lowest BCUT2D eigenvalue weighted by Gasteiger charge is -2.14. The summed E-state index contributed by atoms with van der Waals surface area (Å²) in [4.78, 5) is 21.4. The molecule has 0 N–H and O–H groups in total. The molecule has 0 amide bonds. The van der Waals surface area contributed by atoms with Crippen molar-refractivity contribution in [3.05, 3.63) is 65.0 Å². The first kappa shape index (κ1) is 15.2. The second-order valence-electron chi connectivity index (χ2n) is 5.56. The highest BCUT2D eigenvalue weighted by Gasteiger charge is 2.14. The summed E-state index contributed by atoms with van der Waals surface area (Å²) in [7, 11) is 3.20. The van der Waals surface area contributed by atoms with Gasteiger partial charge in [-0.05, 0) is 24.3 Å². The van der Waals surface area contributed by atoms with E-state index in [1.54, 1.807) is 48.0 Å². The van der Waals surface area contributed by atoms with Crippen molar-refractivity contribution in [2.75, 3.05) is 14.2 Å². The molecule has 1 aromatic carbocycles. The standard InChI is InChI=1S/C18H16N4O3/c1-24-13-6-5-12(16(8-13)25-2)10-21-17-14(4-3-7-20-17)22-11-19-9-15(22)18(21)23/h3-9,11H,10H2,1-2H3. The Balaban J connectivity index is 1.95. The van der Waals surface area contributed by atoms with Crippen molar-refractivity contribution in [2.45, 2.75) is 6.54 Å². The normalized spacial score (nSPS) is 11.1. The van der Waals surface area contributed by atoms with Gasteiger partial charge in [0.15, 0.2) is 5.65 Å². The van der Waals surface area contributed by atoms with Gasteiger partial charge in [0.1, 0.15) is 17.0 Å². The highest BCUT2D eigenvalue weighted by atomic mass is 16.5. The van der Waals surface area contributed by atoms with Crippen molar-refractivity contribution in [3.8, 4) is 11.5 Å². The third-order valence-corrected chi connectivity index (χ3v) is 4.21. The Labute approximate surface area is 143 Å². The number of hydrogen-bond donors (Lipinski definition) is 0. The van der Waals surface area contributed by atoms with E-state index in [4.69, 9.17) is 9.47 Å². The van der Waals surface area contributed by atoms with E-state index in [1.807, 2.05) is 24.3 Å². The summed E-state index contributed by atoms with van der Waals surface area (Å²) in [6, 6.07) is 9.28. The molecule has 0 fully saturated rings. The number of aromatic nitrogens is 4. The fraction of sp³-hybridized carbons (Fsp3) is 0.167. The Morgan fingerprint density at radius 1 is 1.12 bits per heavy atom. The van der Waals surface area contributed by atoms with Crippen LogP contribution in [0, 0.1) is 0 Å². The summed E-state index contributed by atoms with van der Waals surface area (Å²) in [5.74, 6) is 1.35. The van der Waals surface area contributed by atoms with Crippen LogP contribution in [0.15, 0.2) is 53.8 Å². The van der Waals surface area contributed by atoms with Crippen molar-refractivity contribution >= 4 is 16.7 Å². The number of nitrogens with zero attached hydrogens (tertiary/aromatic N) is 4. The molecule has 0 radical (unpaired) electrons. The molecule has 4 aromatic rings. The molecule has 25 heavy (non-hydrogen) atoms. The minimum Gasteiger partial charge on any atom is -0.497 e. The number of hydrogen-bond acceptors (Lipinski definition) is 5. The summed E-state index contributed by atoms with van der Waals surface area (Å²) >= 11 is 0. The van der Waals surface area contributed by atoms with Gasteiger partial charge in [-0.25, -0.2) is 9.97 Å². The average molecular weight is 336 g/mol. The van der Waals surface area contributed by atoms with Gasteiger partial charge in [-0.15, -0.1) is 0 Å². The number of methoxy groups -OCH3 is 2. The van der Waals surface area contributed by atoms with Crippen LogP contribution in [0.5, 0.6) is 11.5 Å². The maximum atomic E-state index is 12.9. The van der Waals surface area contributed by atoms with Crippen molar-refractivity contribution in [1.29, 1.82) is 0 Å². The average Bonchev–Trinajstić information content (AvgIpc) is 3.15. The zero-order valence-corrected chi connectivity index (χ0v) is 13.8. The largest absolute Gasteiger partial charge is 0.497 e. The molecular formula is C18H16N4O3. The van der Waals surface area contributed by atoms with E-state index in [2.05, 4.69) is 9.97 Å². The zero-order valence-electron chi connectivity index (χ0n) is 13.8. The van der Waals surface area contributed by atoms with Crippen molar-refractivity contribution in [3.63, 3.8) is 0 Å². The lowest BCUT2D eigenvalue weighted by Crippen LogP contribution is -2.24. The van der Waals surface area contributed by atoms with Gasteiger partial charge in [0, 0.05) is 17.8 Å². The van der Waals surface area contributed by atoms with Gasteiger partial charge in [-0.1, -0.05) is 0 Å². The summed E-state index contributed by atoms with van der Waals surface area (Å²) in [6.45, 7) is 0.335. The summed E-state index contributed by atoms with van der Waals surface area (Å²) < 4.78 is 14.1. The van der Waals surface area contributed by atoms with Crippen molar-refractivity contribution in [2.24, 2.45) is 0 Å². The molecule has 0 aliphatic heterocycles. The number of benzene rings is 1. The molecule has 3 heterocycles. The molecular weight excluding hydrogens is 320 g/mol. The van der Waals surface area contributed by atoms with Crippen LogP contribution in [0.1, 0.15) is 5.56 Å². The second kappa shape index (κ2) is 5.94. The topological polar surface area (TPSA) is 70.7 Å². The number of imidazole rings is 1. The minimum absolute atomic E-state index is 0.151. The molecule has 7 heteroatoms. The summed E-state index contributed by atoms with van der Waals surface area (Å²) in [5, 5.41) is 0. The van der Waals surface area contributed by atoms with Gasteiger partial charge in [0.2, 0.25) is 0 Å². The lowest BCUT2D eigenvalue weighted by molar-refractivity contribution is 0.390. The van der Waals surface area contributed by atoms with Crippen LogP contribution < -0.4 is 15.0 Å². The van der Waals surface area contributed by atoms with Crippen LogP contribution in [0.2, 0.25) is 0 Å². The van der Waals surface area contributed by atoms with E-state index < -0.39 is 0 Å². The number of pyridine rings is 1. The molecule has 0 saturated carbocycles. The number of fused-ring (bicyclic) bond motifs is 3. The Morgan fingerprint density at radius 2 is 2.00 bits per heavy atom. The molecule has 7 nitrogen and oxygen atoms in total. The highest BCUT2D eigenvalue weighted by Crippen LogP contribution is 2.25. The molecule has 4 rings (SSSR count). The quantitative estimate of drug-likeness (QED) is 0.571. The van der Waals surface area contributed by atoms with Crippen LogP contribution in [-0.2, 0) is 6.54 Å². The maximum Gasteiger partial charge on any atom is 0.278 e.